The number of hydrogen-bond acceptors (Lipinski definition) is 1. The predicted octanol–water partition coefficient (Wildman–Crippen LogP) is 6.49. The zero-order valence-electron chi connectivity index (χ0n) is 16.4. The Kier molecular flexibility index (Phi) is 3.15. The van der Waals surface area contributed by atoms with E-state index < -0.39 is 0 Å². The zero-order chi connectivity index (χ0) is 17.4. The maximum Gasteiger partial charge on any atom is 0.115 e. The van der Waals surface area contributed by atoms with Gasteiger partial charge in [-0.25, -0.2) is 0 Å². The lowest BCUT2D eigenvalue weighted by molar-refractivity contribution is 0.216. The number of fused-ring (bicyclic) bond motifs is 5. The quantitative estimate of drug-likeness (QED) is 0.560. The van der Waals surface area contributed by atoms with Crippen LogP contribution in [-0.2, 0) is 4.74 Å². The molecule has 0 N–H and O–H groups in total. The van der Waals surface area contributed by atoms with Crippen LogP contribution in [0.5, 0.6) is 0 Å². The van der Waals surface area contributed by atoms with E-state index in [0.29, 0.717) is 10.8 Å². The molecule has 1 fully saturated rings. The fraction of sp³-hybridized carbons (Fsp3) is 0.667. The van der Waals surface area contributed by atoms with Gasteiger partial charge in [0.15, 0.2) is 0 Å². The Morgan fingerprint density at radius 1 is 1.16 bits per heavy atom. The van der Waals surface area contributed by atoms with Gasteiger partial charge < -0.3 is 4.74 Å². The van der Waals surface area contributed by atoms with Crippen LogP contribution in [0.3, 0.4) is 0 Å². The fourth-order valence-electron chi connectivity index (χ4n) is 6.51. The molecule has 0 bridgehead atoms. The van der Waals surface area contributed by atoms with Gasteiger partial charge in [0, 0.05) is 5.41 Å². The Balaban J connectivity index is 1.64. The molecule has 0 aromatic rings. The zero-order valence-corrected chi connectivity index (χ0v) is 16.4. The van der Waals surface area contributed by atoms with Crippen molar-refractivity contribution in [2.75, 3.05) is 6.61 Å². The Bertz CT molecular complexity index is 757. The summed E-state index contributed by atoms with van der Waals surface area (Å²) in [6.07, 6.45) is 16.5. The second kappa shape index (κ2) is 4.93. The van der Waals surface area contributed by atoms with E-state index in [1.54, 1.807) is 22.3 Å². The van der Waals surface area contributed by atoms with E-state index in [4.69, 9.17) is 4.74 Å². The highest BCUT2D eigenvalue weighted by atomic mass is 16.5. The third-order valence-electron chi connectivity index (χ3n) is 8.47. The van der Waals surface area contributed by atoms with E-state index >= 15 is 0 Å². The highest BCUT2D eigenvalue weighted by Gasteiger charge is 2.59. The van der Waals surface area contributed by atoms with Crippen LogP contribution in [0.25, 0.3) is 0 Å². The lowest BCUT2D eigenvalue weighted by atomic mass is 9.52. The van der Waals surface area contributed by atoms with Crippen LogP contribution in [0.1, 0.15) is 72.6 Å². The molecule has 0 saturated heterocycles. The maximum atomic E-state index is 5.89. The first kappa shape index (κ1) is 16.0. The highest BCUT2D eigenvalue weighted by molar-refractivity contribution is 5.58. The van der Waals surface area contributed by atoms with Gasteiger partial charge in [-0.3, -0.25) is 0 Å². The summed E-state index contributed by atoms with van der Waals surface area (Å²) in [6.45, 7) is 10.4. The summed E-state index contributed by atoms with van der Waals surface area (Å²) in [5, 5.41) is 0. The summed E-state index contributed by atoms with van der Waals surface area (Å²) in [4.78, 5) is 0. The van der Waals surface area contributed by atoms with Gasteiger partial charge in [0.1, 0.15) is 5.76 Å². The molecule has 25 heavy (non-hydrogen) atoms. The van der Waals surface area contributed by atoms with E-state index in [1.165, 1.54) is 38.5 Å². The van der Waals surface area contributed by atoms with Crippen LogP contribution in [-0.4, -0.2) is 6.61 Å². The monoisotopic (exact) mass is 336 g/mol. The lowest BCUT2D eigenvalue weighted by Crippen LogP contribution is -2.40. The maximum absolute atomic E-state index is 5.89. The van der Waals surface area contributed by atoms with E-state index in [1.807, 2.05) is 0 Å². The first-order valence-corrected chi connectivity index (χ1v) is 10.4. The SMILES string of the molecule is CCOC1=CCC2(C)C(=C1)C1(CC1)CC1=C2CCC2(C)C1=CCC2C. The Labute approximate surface area is 152 Å². The Morgan fingerprint density at radius 2 is 1.96 bits per heavy atom. The lowest BCUT2D eigenvalue weighted by Gasteiger charge is -2.52. The summed E-state index contributed by atoms with van der Waals surface area (Å²) in [7, 11) is 0. The summed E-state index contributed by atoms with van der Waals surface area (Å²) >= 11 is 0. The van der Waals surface area contributed by atoms with Crippen molar-refractivity contribution in [1.29, 1.82) is 0 Å². The average Bonchev–Trinajstić information content (AvgIpc) is 3.28. The molecule has 0 amide bonds. The smallest absolute Gasteiger partial charge is 0.115 e. The predicted molar refractivity (Wildman–Crippen MR) is 103 cm³/mol. The van der Waals surface area contributed by atoms with Crippen LogP contribution in [0.2, 0.25) is 0 Å². The van der Waals surface area contributed by atoms with Crippen molar-refractivity contribution < 1.29 is 4.74 Å². The number of rotatable bonds is 2. The van der Waals surface area contributed by atoms with Crippen molar-refractivity contribution in [3.8, 4) is 0 Å². The van der Waals surface area contributed by atoms with E-state index in [0.717, 1.165) is 24.7 Å². The second-order valence-corrected chi connectivity index (χ2v) is 9.72. The third-order valence-corrected chi connectivity index (χ3v) is 8.47. The second-order valence-electron chi connectivity index (χ2n) is 9.72. The van der Waals surface area contributed by atoms with Gasteiger partial charge in [-0.2, -0.15) is 0 Å². The highest BCUT2D eigenvalue weighted by Crippen LogP contribution is 2.71. The molecule has 3 unspecified atom stereocenters. The summed E-state index contributed by atoms with van der Waals surface area (Å²) < 4.78 is 5.89. The van der Waals surface area contributed by atoms with Crippen molar-refractivity contribution in [2.24, 2.45) is 22.2 Å². The molecule has 3 atom stereocenters. The van der Waals surface area contributed by atoms with Gasteiger partial charge >= 0.3 is 0 Å². The minimum atomic E-state index is 0.249. The minimum absolute atomic E-state index is 0.249. The molecule has 5 aliphatic carbocycles. The molecule has 0 heterocycles. The average molecular weight is 337 g/mol. The summed E-state index contributed by atoms with van der Waals surface area (Å²) in [6, 6.07) is 0. The molecule has 1 nitrogen and oxygen atoms in total. The van der Waals surface area contributed by atoms with Crippen LogP contribution in [0, 0.1) is 22.2 Å². The summed E-state index contributed by atoms with van der Waals surface area (Å²) in [5.41, 5.74) is 8.15. The molecule has 0 aromatic heterocycles. The van der Waals surface area contributed by atoms with Gasteiger partial charge in [0.2, 0.25) is 0 Å². The molecular weight excluding hydrogens is 304 g/mol. The van der Waals surface area contributed by atoms with Crippen molar-refractivity contribution in [1.82, 2.24) is 0 Å². The molecule has 5 rings (SSSR count). The van der Waals surface area contributed by atoms with Gasteiger partial charge in [-0.15, -0.1) is 0 Å². The molecule has 5 aliphatic rings. The van der Waals surface area contributed by atoms with Crippen molar-refractivity contribution in [2.45, 2.75) is 72.6 Å². The molecule has 0 radical (unpaired) electrons. The van der Waals surface area contributed by atoms with E-state index in [-0.39, 0.29) is 5.41 Å². The molecular formula is C24H32O. The molecule has 0 aliphatic heterocycles. The standard InChI is InChI=1S/C24H32O/c1-5-25-17-8-10-23(4)20-9-11-22(3)16(2)6-7-19(22)18(20)15-24(12-13-24)21(23)14-17/h7-8,14,16H,5-6,9-13,15H2,1-4H3. The molecule has 1 saturated carbocycles. The number of ether oxygens (including phenoxy) is 1. The molecule has 1 spiro atoms. The Hall–Kier alpha value is -1.24. The van der Waals surface area contributed by atoms with Crippen LogP contribution < -0.4 is 0 Å². The van der Waals surface area contributed by atoms with E-state index in [2.05, 4.69) is 45.9 Å². The first-order valence-electron chi connectivity index (χ1n) is 10.4. The number of allylic oxidation sites excluding steroid dienone is 7. The fourth-order valence-corrected chi connectivity index (χ4v) is 6.51. The van der Waals surface area contributed by atoms with Crippen LogP contribution >= 0.6 is 0 Å². The van der Waals surface area contributed by atoms with Crippen molar-refractivity contribution in [3.63, 3.8) is 0 Å². The van der Waals surface area contributed by atoms with Gasteiger partial charge in [-0.05, 0) is 97.5 Å². The summed E-state index contributed by atoms with van der Waals surface area (Å²) in [5.74, 6) is 1.94. The van der Waals surface area contributed by atoms with Crippen molar-refractivity contribution >= 4 is 0 Å². The minimum Gasteiger partial charge on any atom is -0.494 e. The molecule has 1 heteroatoms. The largest absolute Gasteiger partial charge is 0.494 e. The Morgan fingerprint density at radius 3 is 2.68 bits per heavy atom. The van der Waals surface area contributed by atoms with Crippen molar-refractivity contribution in [3.05, 3.63) is 46.3 Å². The van der Waals surface area contributed by atoms with E-state index in [9.17, 15) is 0 Å². The van der Waals surface area contributed by atoms with Gasteiger partial charge in [0.25, 0.3) is 0 Å². The third kappa shape index (κ3) is 1.96. The molecule has 134 valence electrons. The van der Waals surface area contributed by atoms with Gasteiger partial charge in [-0.1, -0.05) is 32.4 Å². The molecule has 0 aromatic carbocycles. The van der Waals surface area contributed by atoms with Crippen LogP contribution in [0.4, 0.5) is 0 Å². The normalized spacial score (nSPS) is 40.6. The first-order chi connectivity index (χ1) is 11.9. The topological polar surface area (TPSA) is 9.23 Å². The van der Waals surface area contributed by atoms with Gasteiger partial charge in [0.05, 0.1) is 6.61 Å². The van der Waals surface area contributed by atoms with Crippen LogP contribution in [0.15, 0.2) is 46.3 Å². The number of hydrogen-bond donors (Lipinski definition) is 0.